The molecule has 2 aromatic rings. The van der Waals surface area contributed by atoms with Gasteiger partial charge in [-0.3, -0.25) is 4.79 Å². The first kappa shape index (κ1) is 35.9. The van der Waals surface area contributed by atoms with Crippen molar-refractivity contribution >= 4 is 23.3 Å². The standard InChI is InChI=1S/C37H55N3O6/c1-6-7-8-9-10-11-12-13-14-17-24-43-35-34-33(45-37(4,5)46-34)32(44-35)27(3)38-31(41)25-28-20-22-29(23-21-28)39-36(42)40-30-19-16-15-18-26(30)2/h15-16,18-23,27,32-35H,6-14,17,24-25H2,1-5H3,(H,38,41)(H2,39,40,42)/t27-,32+,33-,34-,35-/m0/s1. The molecule has 0 saturated carbocycles. The van der Waals surface area contributed by atoms with Gasteiger partial charge in [-0.05, 0) is 63.4 Å². The number of para-hydroxylation sites is 1. The van der Waals surface area contributed by atoms with Gasteiger partial charge in [0.15, 0.2) is 12.1 Å². The minimum atomic E-state index is -0.744. The lowest BCUT2D eigenvalue weighted by Gasteiger charge is -2.27. The van der Waals surface area contributed by atoms with E-state index in [2.05, 4.69) is 22.9 Å². The van der Waals surface area contributed by atoms with Gasteiger partial charge >= 0.3 is 6.03 Å². The first-order chi connectivity index (χ1) is 22.1. The molecule has 0 aromatic heterocycles. The van der Waals surface area contributed by atoms with E-state index < -0.39 is 18.2 Å². The van der Waals surface area contributed by atoms with Crippen LogP contribution < -0.4 is 16.0 Å². The molecule has 0 spiro atoms. The lowest BCUT2D eigenvalue weighted by atomic mass is 10.0. The van der Waals surface area contributed by atoms with Gasteiger partial charge in [-0.25, -0.2) is 4.79 Å². The molecule has 2 fully saturated rings. The number of urea groups is 1. The maximum absolute atomic E-state index is 13.0. The minimum absolute atomic E-state index is 0.126. The quantitative estimate of drug-likeness (QED) is 0.144. The Morgan fingerprint density at radius 2 is 1.48 bits per heavy atom. The number of amides is 3. The molecule has 2 aliphatic heterocycles. The maximum atomic E-state index is 13.0. The molecule has 5 atom stereocenters. The summed E-state index contributed by atoms with van der Waals surface area (Å²) in [4.78, 5) is 25.4. The first-order valence-electron chi connectivity index (χ1n) is 17.3. The van der Waals surface area contributed by atoms with Crippen molar-refractivity contribution in [2.24, 2.45) is 0 Å². The van der Waals surface area contributed by atoms with E-state index in [1.807, 2.05) is 64.1 Å². The number of hydrogen-bond donors (Lipinski definition) is 3. The van der Waals surface area contributed by atoms with Crippen LogP contribution in [0.15, 0.2) is 48.5 Å². The summed E-state index contributed by atoms with van der Waals surface area (Å²) >= 11 is 0. The fourth-order valence-corrected chi connectivity index (χ4v) is 6.19. The molecule has 4 rings (SSSR count). The summed E-state index contributed by atoms with van der Waals surface area (Å²) in [5.74, 6) is -0.870. The van der Waals surface area contributed by atoms with Crippen molar-refractivity contribution in [3.8, 4) is 0 Å². The van der Waals surface area contributed by atoms with Gasteiger partial charge in [0.05, 0.1) is 12.5 Å². The van der Waals surface area contributed by atoms with Crippen molar-refractivity contribution in [1.82, 2.24) is 5.32 Å². The first-order valence-corrected chi connectivity index (χ1v) is 17.3. The van der Waals surface area contributed by atoms with Crippen LogP contribution in [0.25, 0.3) is 0 Å². The molecule has 2 aliphatic rings. The van der Waals surface area contributed by atoms with Crippen LogP contribution in [0.2, 0.25) is 0 Å². The molecule has 9 nitrogen and oxygen atoms in total. The van der Waals surface area contributed by atoms with E-state index in [1.165, 1.54) is 51.4 Å². The molecule has 9 heteroatoms. The molecule has 0 unspecified atom stereocenters. The average Bonchev–Trinajstić information content (AvgIpc) is 3.50. The number of fused-ring (bicyclic) bond motifs is 1. The van der Waals surface area contributed by atoms with Crippen LogP contribution in [-0.2, 0) is 30.2 Å². The Balaban J connectivity index is 1.18. The van der Waals surface area contributed by atoms with Gasteiger partial charge < -0.3 is 34.9 Å². The fraction of sp³-hybridized carbons (Fsp3) is 0.622. The van der Waals surface area contributed by atoms with Crippen LogP contribution >= 0.6 is 0 Å². The lowest BCUT2D eigenvalue weighted by Crippen LogP contribution is -2.47. The van der Waals surface area contributed by atoms with Crippen LogP contribution in [0.1, 0.15) is 103 Å². The third-order valence-electron chi connectivity index (χ3n) is 8.68. The van der Waals surface area contributed by atoms with E-state index in [1.54, 1.807) is 12.1 Å². The molecule has 0 radical (unpaired) electrons. The molecular formula is C37H55N3O6. The lowest BCUT2D eigenvalue weighted by molar-refractivity contribution is -0.235. The van der Waals surface area contributed by atoms with Crippen LogP contribution in [0.5, 0.6) is 0 Å². The highest BCUT2D eigenvalue weighted by Gasteiger charge is 2.57. The monoisotopic (exact) mass is 637 g/mol. The highest BCUT2D eigenvalue weighted by atomic mass is 16.8. The summed E-state index contributed by atoms with van der Waals surface area (Å²) in [5.41, 5.74) is 3.21. The Kier molecular flexibility index (Phi) is 13.9. The maximum Gasteiger partial charge on any atom is 0.323 e. The van der Waals surface area contributed by atoms with Gasteiger partial charge in [0.1, 0.15) is 18.3 Å². The number of unbranched alkanes of at least 4 members (excludes halogenated alkanes) is 9. The Bertz CT molecular complexity index is 1240. The highest BCUT2D eigenvalue weighted by Crippen LogP contribution is 2.40. The van der Waals surface area contributed by atoms with Gasteiger partial charge in [0.2, 0.25) is 5.91 Å². The SMILES string of the molecule is CCCCCCCCCCCCO[C@H]1O[C@H]([C@H](C)NC(=O)Cc2ccc(NC(=O)Nc3ccccc3C)cc2)[C@@H]2OC(C)(C)O[C@H]12. The normalized spacial score (nSPS) is 22.3. The molecule has 2 saturated heterocycles. The molecule has 3 N–H and O–H groups in total. The number of carbonyl (C=O) groups excluding carboxylic acids is 2. The summed E-state index contributed by atoms with van der Waals surface area (Å²) < 4.78 is 24.9. The molecule has 2 aromatic carbocycles. The second kappa shape index (κ2) is 17.8. The summed E-state index contributed by atoms with van der Waals surface area (Å²) in [7, 11) is 0. The zero-order chi connectivity index (χ0) is 32.9. The molecule has 2 heterocycles. The highest BCUT2D eigenvalue weighted by molar-refractivity contribution is 6.00. The van der Waals surface area contributed by atoms with E-state index >= 15 is 0 Å². The van der Waals surface area contributed by atoms with Gasteiger partial charge in [0, 0.05) is 18.0 Å². The molecule has 0 bridgehead atoms. The van der Waals surface area contributed by atoms with Gasteiger partial charge in [-0.2, -0.15) is 0 Å². The van der Waals surface area contributed by atoms with Crippen LogP contribution in [0.3, 0.4) is 0 Å². The number of carbonyl (C=O) groups is 2. The molecular weight excluding hydrogens is 582 g/mol. The Hall–Kier alpha value is -2.98. The fourth-order valence-electron chi connectivity index (χ4n) is 6.19. The van der Waals surface area contributed by atoms with E-state index in [-0.39, 0.29) is 36.6 Å². The van der Waals surface area contributed by atoms with Gasteiger partial charge in [0.25, 0.3) is 0 Å². The second-order valence-electron chi connectivity index (χ2n) is 13.2. The number of rotatable bonds is 18. The summed E-state index contributed by atoms with van der Waals surface area (Å²) in [5, 5.41) is 8.77. The third-order valence-corrected chi connectivity index (χ3v) is 8.68. The second-order valence-corrected chi connectivity index (χ2v) is 13.2. The smallest absolute Gasteiger partial charge is 0.323 e. The predicted octanol–water partition coefficient (Wildman–Crippen LogP) is 7.87. The van der Waals surface area contributed by atoms with Crippen molar-refractivity contribution in [3.63, 3.8) is 0 Å². The Labute approximate surface area is 275 Å². The van der Waals surface area contributed by atoms with Gasteiger partial charge in [-0.15, -0.1) is 0 Å². The zero-order valence-corrected chi connectivity index (χ0v) is 28.4. The van der Waals surface area contributed by atoms with E-state index in [0.29, 0.717) is 12.3 Å². The van der Waals surface area contributed by atoms with Crippen molar-refractivity contribution in [2.75, 3.05) is 17.2 Å². The van der Waals surface area contributed by atoms with Crippen LogP contribution in [0.4, 0.5) is 16.2 Å². The Morgan fingerprint density at radius 3 is 2.15 bits per heavy atom. The molecule has 0 aliphatic carbocycles. The zero-order valence-electron chi connectivity index (χ0n) is 28.4. The minimum Gasteiger partial charge on any atom is -0.351 e. The van der Waals surface area contributed by atoms with Crippen molar-refractivity contribution in [1.29, 1.82) is 0 Å². The number of nitrogens with one attached hydrogen (secondary N) is 3. The van der Waals surface area contributed by atoms with Crippen molar-refractivity contribution in [3.05, 3.63) is 59.7 Å². The molecule has 254 valence electrons. The molecule has 3 amide bonds. The topological polar surface area (TPSA) is 107 Å². The predicted molar refractivity (Wildman–Crippen MR) is 182 cm³/mol. The number of anilines is 2. The number of ether oxygens (including phenoxy) is 4. The van der Waals surface area contributed by atoms with E-state index in [9.17, 15) is 9.59 Å². The van der Waals surface area contributed by atoms with Gasteiger partial charge in [-0.1, -0.05) is 95.0 Å². The summed E-state index contributed by atoms with van der Waals surface area (Å²) in [6.07, 6.45) is 11.3. The van der Waals surface area contributed by atoms with E-state index in [0.717, 1.165) is 29.7 Å². The number of aryl methyl sites for hydroxylation is 1. The number of hydrogen-bond acceptors (Lipinski definition) is 6. The van der Waals surface area contributed by atoms with Crippen LogP contribution in [0, 0.1) is 6.92 Å². The average molecular weight is 638 g/mol. The number of benzene rings is 2. The van der Waals surface area contributed by atoms with E-state index in [4.69, 9.17) is 18.9 Å². The molecule has 46 heavy (non-hydrogen) atoms. The van der Waals surface area contributed by atoms with Crippen molar-refractivity contribution in [2.45, 2.75) is 142 Å². The third kappa shape index (κ3) is 11.1. The Morgan fingerprint density at radius 1 is 0.848 bits per heavy atom. The van der Waals surface area contributed by atoms with Crippen molar-refractivity contribution < 1.29 is 28.5 Å². The van der Waals surface area contributed by atoms with Crippen LogP contribution in [-0.4, -0.2) is 55.0 Å². The largest absolute Gasteiger partial charge is 0.351 e. The summed E-state index contributed by atoms with van der Waals surface area (Å²) in [6.45, 7) is 10.5. The summed E-state index contributed by atoms with van der Waals surface area (Å²) in [6, 6.07) is 14.2.